The highest BCUT2D eigenvalue weighted by Gasteiger charge is 2.40. The summed E-state index contributed by atoms with van der Waals surface area (Å²) in [6.07, 6.45) is 0. The molecule has 7 nitrogen and oxygen atoms in total. The van der Waals surface area contributed by atoms with Gasteiger partial charge in [0.1, 0.15) is 10.7 Å². The molecular formula is C17H12FN3O4S2. The number of benzene rings is 2. The van der Waals surface area contributed by atoms with E-state index in [0.717, 1.165) is 16.1 Å². The summed E-state index contributed by atoms with van der Waals surface area (Å²) in [6.45, 7) is -0.0437. The van der Waals surface area contributed by atoms with Gasteiger partial charge in [-0.15, -0.1) is 10.2 Å². The lowest BCUT2D eigenvalue weighted by Gasteiger charge is -2.13. The van der Waals surface area contributed by atoms with Crippen molar-refractivity contribution in [2.24, 2.45) is 0 Å². The monoisotopic (exact) mass is 405 g/mol. The minimum absolute atomic E-state index is 0.0135. The van der Waals surface area contributed by atoms with Crippen LogP contribution < -0.4 is 0 Å². The van der Waals surface area contributed by atoms with E-state index in [9.17, 15) is 17.6 Å². The molecular weight excluding hydrogens is 393 g/mol. The second-order valence-electron chi connectivity index (χ2n) is 5.58. The fraction of sp³-hybridized carbons (Fsp3) is 0.118. The maximum Gasteiger partial charge on any atom is 0.276 e. The van der Waals surface area contributed by atoms with Crippen molar-refractivity contribution in [2.45, 2.75) is 10.1 Å². The van der Waals surface area contributed by atoms with Crippen LogP contribution in [0, 0.1) is 5.82 Å². The van der Waals surface area contributed by atoms with Gasteiger partial charge in [-0.05, 0) is 24.3 Å². The Balaban J connectivity index is 1.44. The fourth-order valence-corrected chi connectivity index (χ4v) is 5.05. The number of carbonyl (C=O) groups excluding carboxylic acids is 1. The van der Waals surface area contributed by atoms with E-state index < -0.39 is 21.7 Å². The van der Waals surface area contributed by atoms with Crippen molar-refractivity contribution in [3.63, 3.8) is 0 Å². The first kappa shape index (κ1) is 17.7. The number of amides is 1. The number of hydrogen-bond donors (Lipinski definition) is 0. The minimum Gasteiger partial charge on any atom is -0.411 e. The lowest BCUT2D eigenvalue weighted by molar-refractivity contribution is 0.0876. The Kier molecular flexibility index (Phi) is 4.44. The Labute approximate surface area is 158 Å². The number of rotatable bonds is 5. The van der Waals surface area contributed by atoms with Crippen LogP contribution in [0.5, 0.6) is 0 Å². The van der Waals surface area contributed by atoms with Crippen LogP contribution in [-0.4, -0.2) is 41.1 Å². The van der Waals surface area contributed by atoms with Crippen molar-refractivity contribution in [1.82, 2.24) is 14.5 Å². The highest BCUT2D eigenvalue weighted by Crippen LogP contribution is 2.31. The molecule has 0 bridgehead atoms. The van der Waals surface area contributed by atoms with E-state index in [1.54, 1.807) is 24.3 Å². The lowest BCUT2D eigenvalue weighted by atomic mass is 10.2. The molecule has 1 aromatic heterocycles. The second-order valence-corrected chi connectivity index (χ2v) is 8.46. The summed E-state index contributed by atoms with van der Waals surface area (Å²) in [5.74, 6) is -0.779. The van der Waals surface area contributed by atoms with E-state index in [2.05, 4.69) is 10.2 Å². The smallest absolute Gasteiger partial charge is 0.276 e. The molecule has 2 heterocycles. The van der Waals surface area contributed by atoms with Gasteiger partial charge in [-0.25, -0.2) is 17.1 Å². The van der Waals surface area contributed by atoms with Gasteiger partial charge in [0.2, 0.25) is 0 Å². The van der Waals surface area contributed by atoms with Crippen molar-refractivity contribution in [1.29, 1.82) is 0 Å². The maximum absolute atomic E-state index is 13.8. The number of nitrogens with zero attached hydrogens (tertiary/aromatic N) is 3. The van der Waals surface area contributed by atoms with Crippen LogP contribution in [0.3, 0.4) is 0 Å². The van der Waals surface area contributed by atoms with Crippen molar-refractivity contribution in [3.05, 3.63) is 59.9 Å². The molecule has 0 radical (unpaired) electrons. The average molecular weight is 405 g/mol. The Bertz CT molecular complexity index is 1130. The Morgan fingerprint density at radius 3 is 2.48 bits per heavy atom. The molecule has 1 aliphatic rings. The van der Waals surface area contributed by atoms with Crippen LogP contribution in [0.2, 0.25) is 0 Å². The minimum atomic E-state index is -3.84. The molecule has 0 saturated heterocycles. The molecule has 27 heavy (non-hydrogen) atoms. The molecule has 0 saturated carbocycles. The zero-order valence-corrected chi connectivity index (χ0v) is 15.3. The summed E-state index contributed by atoms with van der Waals surface area (Å²) in [5.41, 5.74) is 0.353. The molecule has 4 rings (SSSR count). The van der Waals surface area contributed by atoms with Crippen LogP contribution in [-0.2, 0) is 10.0 Å². The highest BCUT2D eigenvalue weighted by atomic mass is 32.2. The van der Waals surface area contributed by atoms with Crippen LogP contribution >= 0.6 is 11.8 Å². The van der Waals surface area contributed by atoms with Gasteiger partial charge in [0, 0.05) is 12.3 Å². The third-order valence-corrected chi connectivity index (χ3v) is 6.58. The van der Waals surface area contributed by atoms with Gasteiger partial charge in [0.05, 0.1) is 11.1 Å². The molecule has 1 aliphatic heterocycles. The first-order valence-electron chi connectivity index (χ1n) is 7.86. The topological polar surface area (TPSA) is 93.4 Å². The summed E-state index contributed by atoms with van der Waals surface area (Å²) >= 11 is 1.09. The standard InChI is InChI=1S/C17H12FN3O4S2/c18-13-7-3-1-5-11(13)15-19-20-17(25-15)26-10-9-21-16(22)12-6-2-4-8-14(12)27(21,23)24/h1-8H,9-10H2. The SMILES string of the molecule is O=C1c2ccccc2S(=O)(=O)N1CCSc1nnc(-c2ccccc2F)o1. The number of carbonyl (C=O) groups is 1. The Morgan fingerprint density at radius 2 is 1.74 bits per heavy atom. The number of halogens is 1. The van der Waals surface area contributed by atoms with E-state index >= 15 is 0 Å². The van der Waals surface area contributed by atoms with Crippen molar-refractivity contribution >= 4 is 27.7 Å². The van der Waals surface area contributed by atoms with Gasteiger partial charge < -0.3 is 4.42 Å². The number of hydrogen-bond acceptors (Lipinski definition) is 7. The summed E-state index contributed by atoms with van der Waals surface area (Å²) in [5, 5.41) is 7.78. The molecule has 0 atom stereocenters. The summed E-state index contributed by atoms with van der Waals surface area (Å²) < 4.78 is 44.9. The molecule has 2 aromatic carbocycles. The van der Waals surface area contributed by atoms with Gasteiger partial charge in [-0.2, -0.15) is 0 Å². The molecule has 0 unspecified atom stereocenters. The third-order valence-electron chi connectivity index (χ3n) is 3.94. The number of thioether (sulfide) groups is 1. The van der Waals surface area contributed by atoms with Crippen LogP contribution in [0.25, 0.3) is 11.5 Å². The largest absolute Gasteiger partial charge is 0.411 e. The predicted octanol–water partition coefficient (Wildman–Crippen LogP) is 2.81. The number of aromatic nitrogens is 2. The van der Waals surface area contributed by atoms with E-state index in [0.29, 0.717) is 0 Å². The summed E-state index contributed by atoms with van der Waals surface area (Å²) in [7, 11) is -3.84. The van der Waals surface area contributed by atoms with Crippen molar-refractivity contribution in [2.75, 3.05) is 12.3 Å². The van der Waals surface area contributed by atoms with Crippen LogP contribution in [0.1, 0.15) is 10.4 Å². The van der Waals surface area contributed by atoms with E-state index in [1.807, 2.05) is 0 Å². The average Bonchev–Trinajstić information content (AvgIpc) is 3.20. The first-order valence-corrected chi connectivity index (χ1v) is 10.3. The highest BCUT2D eigenvalue weighted by molar-refractivity contribution is 7.99. The predicted molar refractivity (Wildman–Crippen MR) is 95.1 cm³/mol. The van der Waals surface area contributed by atoms with Gasteiger partial charge in [-0.3, -0.25) is 4.79 Å². The van der Waals surface area contributed by atoms with E-state index in [4.69, 9.17) is 4.42 Å². The third kappa shape index (κ3) is 3.10. The van der Waals surface area contributed by atoms with Gasteiger partial charge in [0.15, 0.2) is 0 Å². The van der Waals surface area contributed by atoms with E-state index in [-0.39, 0.29) is 39.4 Å². The fourth-order valence-electron chi connectivity index (χ4n) is 2.68. The van der Waals surface area contributed by atoms with Crippen molar-refractivity contribution < 1.29 is 22.0 Å². The Morgan fingerprint density at radius 1 is 1.04 bits per heavy atom. The van der Waals surface area contributed by atoms with Crippen LogP contribution in [0.15, 0.2) is 63.1 Å². The zero-order valence-electron chi connectivity index (χ0n) is 13.7. The zero-order chi connectivity index (χ0) is 19.0. The molecule has 10 heteroatoms. The van der Waals surface area contributed by atoms with Gasteiger partial charge in [-0.1, -0.05) is 36.0 Å². The van der Waals surface area contributed by atoms with Crippen molar-refractivity contribution in [3.8, 4) is 11.5 Å². The first-order chi connectivity index (χ1) is 13.0. The molecule has 138 valence electrons. The summed E-state index contributed by atoms with van der Waals surface area (Å²) in [4.78, 5) is 12.3. The Hall–Kier alpha value is -2.72. The number of sulfonamides is 1. The van der Waals surface area contributed by atoms with Gasteiger partial charge in [0.25, 0.3) is 27.0 Å². The van der Waals surface area contributed by atoms with E-state index in [1.165, 1.54) is 24.3 Å². The van der Waals surface area contributed by atoms with Gasteiger partial charge >= 0.3 is 0 Å². The maximum atomic E-state index is 13.8. The second kappa shape index (κ2) is 6.78. The molecule has 3 aromatic rings. The molecule has 0 spiro atoms. The lowest BCUT2D eigenvalue weighted by Crippen LogP contribution is -2.32. The molecule has 0 fully saturated rings. The number of fused-ring (bicyclic) bond motifs is 1. The quantitative estimate of drug-likeness (QED) is 0.603. The summed E-state index contributed by atoms with van der Waals surface area (Å²) in [6, 6.07) is 12.1. The molecule has 0 N–H and O–H groups in total. The molecule has 0 aliphatic carbocycles. The van der Waals surface area contributed by atoms with Crippen LogP contribution in [0.4, 0.5) is 4.39 Å². The normalized spacial score (nSPS) is 15.1. The molecule has 1 amide bonds.